The molecule has 0 aromatic carbocycles. The van der Waals surface area contributed by atoms with Crippen LogP contribution in [0.25, 0.3) is 0 Å². The SMILES string of the molecule is CCCCCCC/C=C\C/C=C\C/C=C\CCCCCCCCCCCCCCC(=O)OCC(COC(=O)CCCCCCCCCCCCCCC)OC(=O)CCCCCCCCC/C=C\CCCCCCCCC. The monoisotopic (exact) mass is 1060 g/mol. The fourth-order valence-electron chi connectivity index (χ4n) is 9.98. The molecule has 0 bridgehead atoms. The van der Waals surface area contributed by atoms with E-state index in [-0.39, 0.29) is 31.1 Å². The highest BCUT2D eigenvalue weighted by molar-refractivity contribution is 5.71. The Morgan fingerprint density at radius 1 is 0.263 bits per heavy atom. The average Bonchev–Trinajstić information content (AvgIpc) is 3.42. The van der Waals surface area contributed by atoms with Crippen LogP contribution in [0.4, 0.5) is 0 Å². The maximum Gasteiger partial charge on any atom is 0.306 e. The zero-order valence-corrected chi connectivity index (χ0v) is 51.0. The van der Waals surface area contributed by atoms with Gasteiger partial charge in [0.15, 0.2) is 6.10 Å². The highest BCUT2D eigenvalue weighted by atomic mass is 16.6. The van der Waals surface area contributed by atoms with Gasteiger partial charge < -0.3 is 14.2 Å². The van der Waals surface area contributed by atoms with Gasteiger partial charge in [-0.3, -0.25) is 14.4 Å². The summed E-state index contributed by atoms with van der Waals surface area (Å²) in [6.07, 6.45) is 81.2. The van der Waals surface area contributed by atoms with E-state index in [1.54, 1.807) is 0 Å². The van der Waals surface area contributed by atoms with E-state index in [1.165, 1.54) is 250 Å². The number of carbonyl (C=O) groups excluding carboxylic acids is 3. The van der Waals surface area contributed by atoms with Crippen molar-refractivity contribution in [3.05, 3.63) is 48.6 Å². The molecule has 76 heavy (non-hydrogen) atoms. The molecule has 0 aliphatic rings. The first-order valence-electron chi connectivity index (χ1n) is 33.6. The summed E-state index contributed by atoms with van der Waals surface area (Å²) < 4.78 is 17.0. The lowest BCUT2D eigenvalue weighted by Crippen LogP contribution is -2.30. The number of hydrogen-bond donors (Lipinski definition) is 0. The van der Waals surface area contributed by atoms with Crippen molar-refractivity contribution in [2.45, 2.75) is 367 Å². The quantitative estimate of drug-likeness (QED) is 0.0261. The predicted molar refractivity (Wildman–Crippen MR) is 330 cm³/mol. The molecule has 6 nitrogen and oxygen atoms in total. The molecule has 0 saturated heterocycles. The Bertz CT molecular complexity index is 1310. The van der Waals surface area contributed by atoms with Crippen LogP contribution in [0.3, 0.4) is 0 Å². The Hall–Kier alpha value is -2.63. The Labute approximate surface area is 473 Å². The van der Waals surface area contributed by atoms with Gasteiger partial charge in [0.2, 0.25) is 0 Å². The molecule has 0 aromatic heterocycles. The molecule has 0 aliphatic carbocycles. The molecule has 6 heteroatoms. The van der Waals surface area contributed by atoms with Crippen molar-refractivity contribution in [3.63, 3.8) is 0 Å². The third kappa shape index (κ3) is 62.2. The molecule has 0 heterocycles. The normalized spacial score (nSPS) is 12.3. The maximum absolute atomic E-state index is 12.9. The van der Waals surface area contributed by atoms with Crippen molar-refractivity contribution in [2.24, 2.45) is 0 Å². The van der Waals surface area contributed by atoms with Crippen molar-refractivity contribution < 1.29 is 28.6 Å². The van der Waals surface area contributed by atoms with Crippen molar-refractivity contribution in [2.75, 3.05) is 13.2 Å². The summed E-state index contributed by atoms with van der Waals surface area (Å²) in [7, 11) is 0. The van der Waals surface area contributed by atoms with Crippen LogP contribution in [0.1, 0.15) is 361 Å². The average molecular weight is 1070 g/mol. The molecule has 1 unspecified atom stereocenters. The molecule has 0 aliphatic heterocycles. The minimum atomic E-state index is -0.774. The second kappa shape index (κ2) is 64.9. The number of hydrogen-bond acceptors (Lipinski definition) is 6. The number of carbonyl (C=O) groups is 3. The second-order valence-electron chi connectivity index (χ2n) is 22.7. The maximum atomic E-state index is 12.9. The standard InChI is InChI=1S/C70H128O6/c1-4-7-10-13-16-19-22-25-27-29-31-32-33-34-35-36-37-38-39-41-42-45-48-51-54-57-60-63-69(72)75-66-67(65-74-68(71)62-59-56-53-50-47-44-24-21-18-15-12-9-6-3)76-70(73)64-61-58-55-52-49-46-43-40-30-28-26-23-20-17-14-11-8-5-2/h22,25,28-31,33-34,67H,4-21,23-24,26-27,32,35-66H2,1-3H3/b25-22-,30-28-,31-29-,34-33-. The Balaban J connectivity index is 4.25. The third-order valence-corrected chi connectivity index (χ3v) is 15.1. The van der Waals surface area contributed by atoms with E-state index in [0.29, 0.717) is 19.3 Å². The van der Waals surface area contributed by atoms with Gasteiger partial charge in [0.1, 0.15) is 13.2 Å². The molecule has 0 spiro atoms. The summed E-state index contributed by atoms with van der Waals surface area (Å²) in [5, 5.41) is 0. The minimum Gasteiger partial charge on any atom is -0.462 e. The van der Waals surface area contributed by atoms with Crippen LogP contribution in [0.5, 0.6) is 0 Å². The first-order valence-corrected chi connectivity index (χ1v) is 33.6. The lowest BCUT2D eigenvalue weighted by molar-refractivity contribution is -0.167. The molecule has 0 amide bonds. The van der Waals surface area contributed by atoms with Gasteiger partial charge in [0.25, 0.3) is 0 Å². The van der Waals surface area contributed by atoms with Crippen LogP contribution in [-0.2, 0) is 28.6 Å². The van der Waals surface area contributed by atoms with Crippen LogP contribution in [0.15, 0.2) is 48.6 Å². The summed E-state index contributed by atoms with van der Waals surface area (Å²) in [6.45, 7) is 6.68. The fraction of sp³-hybridized carbons (Fsp3) is 0.843. The zero-order chi connectivity index (χ0) is 55.0. The molecule has 0 N–H and O–H groups in total. The highest BCUT2D eigenvalue weighted by Crippen LogP contribution is 2.17. The summed E-state index contributed by atoms with van der Waals surface area (Å²) >= 11 is 0. The van der Waals surface area contributed by atoms with E-state index in [9.17, 15) is 14.4 Å². The second-order valence-corrected chi connectivity index (χ2v) is 22.7. The van der Waals surface area contributed by atoms with Gasteiger partial charge >= 0.3 is 17.9 Å². The van der Waals surface area contributed by atoms with Gasteiger partial charge in [-0.1, -0.05) is 307 Å². The van der Waals surface area contributed by atoms with Gasteiger partial charge in [0.05, 0.1) is 0 Å². The Kier molecular flexibility index (Phi) is 62.6. The van der Waals surface area contributed by atoms with Gasteiger partial charge in [0, 0.05) is 19.3 Å². The lowest BCUT2D eigenvalue weighted by atomic mass is 10.0. The molecule has 0 rings (SSSR count). The highest BCUT2D eigenvalue weighted by Gasteiger charge is 2.19. The molecule has 0 saturated carbocycles. The van der Waals surface area contributed by atoms with Crippen LogP contribution < -0.4 is 0 Å². The molecular weight excluding hydrogens is 937 g/mol. The van der Waals surface area contributed by atoms with Gasteiger partial charge in [-0.15, -0.1) is 0 Å². The summed E-state index contributed by atoms with van der Waals surface area (Å²) in [4.78, 5) is 38.3. The lowest BCUT2D eigenvalue weighted by Gasteiger charge is -2.18. The molecular formula is C70H128O6. The number of unbranched alkanes of at least 4 members (excludes halogenated alkanes) is 43. The van der Waals surface area contributed by atoms with Crippen LogP contribution in [0.2, 0.25) is 0 Å². The van der Waals surface area contributed by atoms with Crippen molar-refractivity contribution >= 4 is 17.9 Å². The molecule has 1 atom stereocenters. The van der Waals surface area contributed by atoms with Gasteiger partial charge in [-0.25, -0.2) is 0 Å². The van der Waals surface area contributed by atoms with E-state index in [0.717, 1.165) is 70.6 Å². The van der Waals surface area contributed by atoms with E-state index in [1.807, 2.05) is 0 Å². The van der Waals surface area contributed by atoms with E-state index < -0.39 is 6.10 Å². The first kappa shape index (κ1) is 73.4. The molecule has 0 fully saturated rings. The smallest absolute Gasteiger partial charge is 0.306 e. The van der Waals surface area contributed by atoms with Gasteiger partial charge in [-0.2, -0.15) is 0 Å². The zero-order valence-electron chi connectivity index (χ0n) is 51.0. The topological polar surface area (TPSA) is 78.9 Å². The van der Waals surface area contributed by atoms with E-state index >= 15 is 0 Å². The van der Waals surface area contributed by atoms with E-state index in [2.05, 4.69) is 69.4 Å². The van der Waals surface area contributed by atoms with Crippen molar-refractivity contribution in [3.8, 4) is 0 Å². The number of rotatable bonds is 62. The van der Waals surface area contributed by atoms with Crippen LogP contribution >= 0.6 is 0 Å². The summed E-state index contributed by atoms with van der Waals surface area (Å²) in [6, 6.07) is 0. The fourth-order valence-corrected chi connectivity index (χ4v) is 9.98. The van der Waals surface area contributed by atoms with E-state index in [4.69, 9.17) is 14.2 Å². The van der Waals surface area contributed by atoms with Crippen LogP contribution in [-0.4, -0.2) is 37.2 Å². The van der Waals surface area contributed by atoms with Gasteiger partial charge in [-0.05, 0) is 83.5 Å². The minimum absolute atomic E-state index is 0.0709. The molecule has 0 aromatic rings. The molecule has 0 radical (unpaired) electrons. The van der Waals surface area contributed by atoms with Crippen LogP contribution in [0, 0.1) is 0 Å². The number of allylic oxidation sites excluding steroid dienone is 8. The molecule has 444 valence electrons. The Morgan fingerprint density at radius 3 is 0.750 bits per heavy atom. The Morgan fingerprint density at radius 2 is 0.474 bits per heavy atom. The summed E-state index contributed by atoms with van der Waals surface area (Å²) in [5.41, 5.74) is 0. The predicted octanol–water partition coefficient (Wildman–Crippen LogP) is 22.9. The largest absolute Gasteiger partial charge is 0.462 e. The number of ether oxygens (including phenoxy) is 3. The third-order valence-electron chi connectivity index (χ3n) is 15.1. The van der Waals surface area contributed by atoms with Crippen molar-refractivity contribution in [1.29, 1.82) is 0 Å². The number of esters is 3. The first-order chi connectivity index (χ1) is 37.5. The van der Waals surface area contributed by atoms with Crippen molar-refractivity contribution in [1.82, 2.24) is 0 Å². The summed E-state index contributed by atoms with van der Waals surface area (Å²) in [5.74, 6) is -0.855.